The number of hydrogen-bond acceptors (Lipinski definition) is 5. The van der Waals surface area contributed by atoms with Gasteiger partial charge in [0.1, 0.15) is 17.7 Å². The van der Waals surface area contributed by atoms with Gasteiger partial charge in [-0.15, -0.1) is 6.58 Å². The second kappa shape index (κ2) is 12.7. The van der Waals surface area contributed by atoms with Crippen molar-refractivity contribution in [1.29, 1.82) is 0 Å². The van der Waals surface area contributed by atoms with Crippen LogP contribution >= 0.6 is 0 Å². The van der Waals surface area contributed by atoms with Gasteiger partial charge in [0.15, 0.2) is 0 Å². The number of carbonyl (C=O) groups excluding carboxylic acids is 3. The fourth-order valence-electron chi connectivity index (χ4n) is 4.34. The molecule has 3 N–H and O–H groups in total. The zero-order valence-corrected chi connectivity index (χ0v) is 21.7. The number of aryl methyl sites for hydroxylation is 1. The van der Waals surface area contributed by atoms with Crippen molar-refractivity contribution in [3.63, 3.8) is 0 Å². The Balaban J connectivity index is 2.42. The fraction of sp³-hybridized carbons (Fsp3) is 0.593. The van der Waals surface area contributed by atoms with Gasteiger partial charge in [-0.2, -0.15) is 0 Å². The molecule has 0 saturated heterocycles. The molecule has 3 amide bonds. The summed E-state index contributed by atoms with van der Waals surface area (Å²) in [6.07, 6.45) is 5.79. The summed E-state index contributed by atoms with van der Waals surface area (Å²) in [6, 6.07) is 3.48. The highest BCUT2D eigenvalue weighted by molar-refractivity contribution is 5.92. The molecule has 1 aliphatic rings. The highest BCUT2D eigenvalue weighted by Gasteiger charge is 2.37. The van der Waals surface area contributed by atoms with E-state index in [0.29, 0.717) is 5.56 Å². The molecule has 0 bridgehead atoms. The molecule has 1 aliphatic carbocycles. The quantitative estimate of drug-likeness (QED) is 0.461. The van der Waals surface area contributed by atoms with Gasteiger partial charge in [0, 0.05) is 12.6 Å². The van der Waals surface area contributed by atoms with E-state index >= 15 is 0 Å². The maximum absolute atomic E-state index is 13.7. The van der Waals surface area contributed by atoms with E-state index in [9.17, 15) is 19.5 Å². The molecule has 194 valence electrons. The van der Waals surface area contributed by atoms with Gasteiger partial charge in [0.05, 0.1) is 6.61 Å². The van der Waals surface area contributed by atoms with Crippen LogP contribution in [0.4, 0.5) is 4.79 Å². The fourth-order valence-corrected chi connectivity index (χ4v) is 4.34. The third-order valence-corrected chi connectivity index (χ3v) is 6.23. The molecule has 2 rings (SSSR count). The smallest absolute Gasteiger partial charge is 0.408 e. The molecule has 0 spiro atoms. The summed E-state index contributed by atoms with van der Waals surface area (Å²) in [5, 5.41) is 15.6. The van der Waals surface area contributed by atoms with Gasteiger partial charge in [0.25, 0.3) is 0 Å². The van der Waals surface area contributed by atoms with Crippen LogP contribution in [-0.4, -0.2) is 58.8 Å². The van der Waals surface area contributed by atoms with E-state index in [0.717, 1.165) is 43.2 Å². The van der Waals surface area contributed by atoms with Crippen LogP contribution in [0, 0.1) is 13.8 Å². The second-order valence-corrected chi connectivity index (χ2v) is 10.2. The van der Waals surface area contributed by atoms with Crippen LogP contribution in [0.1, 0.15) is 75.6 Å². The molecule has 8 nitrogen and oxygen atoms in total. The number of nitrogens with zero attached hydrogens (tertiary/aromatic N) is 1. The van der Waals surface area contributed by atoms with E-state index in [2.05, 4.69) is 17.2 Å². The topological polar surface area (TPSA) is 108 Å². The van der Waals surface area contributed by atoms with E-state index in [4.69, 9.17) is 4.74 Å². The third-order valence-electron chi connectivity index (χ3n) is 6.23. The Bertz CT molecular complexity index is 903. The molecule has 2 unspecified atom stereocenters. The molecule has 1 aromatic carbocycles. The number of aliphatic hydroxyl groups excluding tert-OH is 1. The normalized spacial score (nSPS) is 16.1. The highest BCUT2D eigenvalue weighted by Crippen LogP contribution is 2.28. The van der Waals surface area contributed by atoms with E-state index in [-0.39, 0.29) is 18.5 Å². The first kappa shape index (κ1) is 28.4. The molecule has 0 aliphatic heterocycles. The Morgan fingerprint density at radius 2 is 1.86 bits per heavy atom. The number of carbonyl (C=O) groups is 3. The van der Waals surface area contributed by atoms with Crippen LogP contribution in [0.5, 0.6) is 0 Å². The zero-order chi connectivity index (χ0) is 26.2. The summed E-state index contributed by atoms with van der Waals surface area (Å²) in [4.78, 5) is 41.0. The Hall–Kier alpha value is -2.87. The van der Waals surface area contributed by atoms with Crippen LogP contribution in [0.3, 0.4) is 0 Å². The minimum Gasteiger partial charge on any atom is -0.444 e. The summed E-state index contributed by atoms with van der Waals surface area (Å²) < 4.78 is 5.26. The molecular formula is C27H41N3O5. The predicted octanol–water partition coefficient (Wildman–Crippen LogP) is 3.69. The van der Waals surface area contributed by atoms with Gasteiger partial charge in [0.2, 0.25) is 11.8 Å². The Kier molecular flexibility index (Phi) is 10.3. The molecular weight excluding hydrogens is 446 g/mol. The van der Waals surface area contributed by atoms with Crippen molar-refractivity contribution in [1.82, 2.24) is 15.5 Å². The van der Waals surface area contributed by atoms with E-state index < -0.39 is 36.3 Å². The number of nitrogens with one attached hydrogen (secondary N) is 2. The second-order valence-electron chi connectivity index (χ2n) is 10.2. The van der Waals surface area contributed by atoms with Gasteiger partial charge in [-0.3, -0.25) is 9.59 Å². The minimum atomic E-state index is -1.28. The lowest BCUT2D eigenvalue weighted by Gasteiger charge is -2.35. The largest absolute Gasteiger partial charge is 0.444 e. The zero-order valence-electron chi connectivity index (χ0n) is 21.7. The van der Waals surface area contributed by atoms with Crippen LogP contribution in [0.2, 0.25) is 0 Å². The van der Waals surface area contributed by atoms with Crippen LogP contribution in [0.25, 0.3) is 0 Å². The molecule has 1 aromatic rings. The number of hydrogen-bond donors (Lipinski definition) is 3. The van der Waals surface area contributed by atoms with Crippen LogP contribution in [0.15, 0.2) is 30.9 Å². The molecule has 8 heteroatoms. The first-order chi connectivity index (χ1) is 16.5. The van der Waals surface area contributed by atoms with Gasteiger partial charge in [-0.1, -0.05) is 43.5 Å². The first-order valence-electron chi connectivity index (χ1n) is 12.4. The monoisotopic (exact) mass is 487 g/mol. The predicted molar refractivity (Wildman–Crippen MR) is 136 cm³/mol. The SMILES string of the molecule is C=CCN(C(=O)C(CO)NC(=O)OC(C)(C)C)C(C(=O)NC1CCCCC1)c1cccc(C)c1C. The summed E-state index contributed by atoms with van der Waals surface area (Å²) in [5.41, 5.74) is 1.82. The van der Waals surface area contributed by atoms with Crippen molar-refractivity contribution in [3.05, 3.63) is 47.5 Å². The summed E-state index contributed by atoms with van der Waals surface area (Å²) in [5.74, 6) is -0.877. The molecule has 1 saturated carbocycles. The molecule has 35 heavy (non-hydrogen) atoms. The maximum Gasteiger partial charge on any atom is 0.408 e. The molecule has 0 radical (unpaired) electrons. The summed E-state index contributed by atoms with van der Waals surface area (Å²) in [6.45, 7) is 12.2. The van der Waals surface area contributed by atoms with Crippen molar-refractivity contribution in [2.45, 2.75) is 90.4 Å². The van der Waals surface area contributed by atoms with Crippen molar-refractivity contribution >= 4 is 17.9 Å². The molecule has 1 fully saturated rings. The van der Waals surface area contributed by atoms with Gasteiger partial charge in [-0.25, -0.2) is 4.79 Å². The van der Waals surface area contributed by atoms with Crippen molar-refractivity contribution in [2.24, 2.45) is 0 Å². The number of alkyl carbamates (subject to hydrolysis) is 1. The van der Waals surface area contributed by atoms with Gasteiger partial charge >= 0.3 is 6.09 Å². The number of aliphatic hydroxyl groups is 1. The maximum atomic E-state index is 13.7. The van der Waals surface area contributed by atoms with Crippen LogP contribution < -0.4 is 10.6 Å². The van der Waals surface area contributed by atoms with Crippen molar-refractivity contribution in [2.75, 3.05) is 13.2 Å². The van der Waals surface area contributed by atoms with E-state index in [1.807, 2.05) is 32.0 Å². The van der Waals surface area contributed by atoms with Crippen LogP contribution in [-0.2, 0) is 14.3 Å². The first-order valence-corrected chi connectivity index (χ1v) is 12.4. The lowest BCUT2D eigenvalue weighted by Crippen LogP contribution is -2.55. The van der Waals surface area contributed by atoms with E-state index in [1.165, 1.54) is 11.0 Å². The van der Waals surface area contributed by atoms with Crippen molar-refractivity contribution in [3.8, 4) is 0 Å². The number of ether oxygens (including phenoxy) is 1. The standard InChI is InChI=1S/C27H41N3O5/c1-7-16-30(25(33)22(17-31)29-26(34)35-27(4,5)6)23(21-15-11-12-18(2)19(21)3)24(32)28-20-13-9-8-10-14-20/h7,11-12,15,20,22-23,31H,1,8-10,13-14,16-17H2,2-6H3,(H,28,32)(H,29,34). The minimum absolute atomic E-state index is 0.0538. The molecule has 0 heterocycles. The number of rotatable bonds is 9. The Morgan fingerprint density at radius 1 is 1.20 bits per heavy atom. The summed E-state index contributed by atoms with van der Waals surface area (Å²) in [7, 11) is 0. The molecule has 2 atom stereocenters. The Morgan fingerprint density at radius 3 is 2.43 bits per heavy atom. The number of amides is 3. The van der Waals surface area contributed by atoms with Gasteiger partial charge < -0.3 is 25.4 Å². The lowest BCUT2D eigenvalue weighted by molar-refractivity contribution is -0.143. The third kappa shape index (κ3) is 8.09. The van der Waals surface area contributed by atoms with Gasteiger partial charge in [-0.05, 0) is 64.2 Å². The molecule has 0 aromatic heterocycles. The lowest BCUT2D eigenvalue weighted by atomic mass is 9.92. The van der Waals surface area contributed by atoms with E-state index in [1.54, 1.807) is 20.8 Å². The average Bonchev–Trinajstić information content (AvgIpc) is 2.79. The van der Waals surface area contributed by atoms with Crippen molar-refractivity contribution < 1.29 is 24.2 Å². The number of benzene rings is 1. The average molecular weight is 488 g/mol. The highest BCUT2D eigenvalue weighted by atomic mass is 16.6. The Labute approximate surface area is 209 Å². The summed E-state index contributed by atoms with van der Waals surface area (Å²) >= 11 is 0.